The van der Waals surface area contributed by atoms with E-state index >= 15 is 0 Å². The average molecular weight is 387 g/mol. The lowest BCUT2D eigenvalue weighted by Crippen LogP contribution is -2.29. The minimum absolute atomic E-state index is 0.00527. The van der Waals surface area contributed by atoms with Crippen molar-refractivity contribution in [3.05, 3.63) is 34.8 Å². The van der Waals surface area contributed by atoms with E-state index in [9.17, 15) is 9.59 Å². The summed E-state index contributed by atoms with van der Waals surface area (Å²) in [6.45, 7) is 8.49. The molecule has 2 aromatic rings. The van der Waals surface area contributed by atoms with Gasteiger partial charge in [-0.15, -0.1) is 10.2 Å². The molecule has 0 unspecified atom stereocenters. The average Bonchev–Trinajstić information content (AvgIpc) is 3.28. The predicted molar refractivity (Wildman–Crippen MR) is 108 cm³/mol. The number of amides is 2. The van der Waals surface area contributed by atoms with Crippen LogP contribution < -0.4 is 10.2 Å². The van der Waals surface area contributed by atoms with Gasteiger partial charge >= 0.3 is 0 Å². The van der Waals surface area contributed by atoms with Crippen molar-refractivity contribution < 1.29 is 9.59 Å². The third-order valence-corrected chi connectivity index (χ3v) is 6.29. The van der Waals surface area contributed by atoms with E-state index in [1.807, 2.05) is 37.8 Å². The highest BCUT2D eigenvalue weighted by Gasteiger charge is 2.34. The fourth-order valence-electron chi connectivity index (χ4n) is 2.91. The van der Waals surface area contributed by atoms with Crippen molar-refractivity contribution in [3.63, 3.8) is 0 Å². The number of nitrogens with one attached hydrogen (secondary N) is 1. The minimum atomic E-state index is -0.448. The molecule has 1 fully saturated rings. The van der Waals surface area contributed by atoms with Crippen LogP contribution in [0.3, 0.4) is 0 Å². The molecule has 0 bridgehead atoms. The van der Waals surface area contributed by atoms with Gasteiger partial charge < -0.3 is 10.2 Å². The van der Waals surface area contributed by atoms with E-state index in [-0.39, 0.29) is 17.7 Å². The fraction of sp³-hybridized carbons (Fsp3) is 0.500. The maximum atomic E-state index is 12.5. The first-order valence-corrected chi connectivity index (χ1v) is 10.2. The SMILES string of the molecule is CCc1ccc(N2C[C@@H](c3nnc(NC(=O)C(C)(C)CC)s3)CC2=O)cc1. The molecule has 1 N–H and O–H groups in total. The molecule has 0 aliphatic carbocycles. The van der Waals surface area contributed by atoms with Crippen LogP contribution in [0.15, 0.2) is 24.3 Å². The Labute approximate surface area is 164 Å². The number of aromatic nitrogens is 2. The summed E-state index contributed by atoms with van der Waals surface area (Å²) < 4.78 is 0. The largest absolute Gasteiger partial charge is 0.312 e. The van der Waals surface area contributed by atoms with Crippen LogP contribution in [0.2, 0.25) is 0 Å². The molecule has 1 saturated heterocycles. The summed E-state index contributed by atoms with van der Waals surface area (Å²) >= 11 is 1.36. The lowest BCUT2D eigenvalue weighted by Gasteiger charge is -2.20. The summed E-state index contributed by atoms with van der Waals surface area (Å²) in [4.78, 5) is 26.6. The number of anilines is 2. The summed E-state index contributed by atoms with van der Waals surface area (Å²) in [5, 5.41) is 12.5. The van der Waals surface area contributed by atoms with Gasteiger partial charge in [0.15, 0.2) is 0 Å². The molecule has 0 radical (unpaired) electrons. The summed E-state index contributed by atoms with van der Waals surface area (Å²) in [5.74, 6) is 0.0377. The van der Waals surface area contributed by atoms with Crippen LogP contribution in [0.1, 0.15) is 57.0 Å². The lowest BCUT2D eigenvalue weighted by atomic mass is 9.89. The number of nitrogens with zero attached hydrogens (tertiary/aromatic N) is 3. The first-order chi connectivity index (χ1) is 12.8. The second-order valence-corrected chi connectivity index (χ2v) is 8.57. The van der Waals surface area contributed by atoms with Gasteiger partial charge in [-0.1, -0.05) is 51.2 Å². The van der Waals surface area contributed by atoms with Gasteiger partial charge in [-0.05, 0) is 30.5 Å². The number of hydrogen-bond acceptors (Lipinski definition) is 5. The molecular formula is C20H26N4O2S. The minimum Gasteiger partial charge on any atom is -0.312 e. The Morgan fingerprint density at radius 1 is 1.26 bits per heavy atom. The number of carbonyl (C=O) groups excluding carboxylic acids is 2. The van der Waals surface area contributed by atoms with Gasteiger partial charge in [0.25, 0.3) is 0 Å². The molecule has 27 heavy (non-hydrogen) atoms. The normalized spacial score (nSPS) is 17.4. The summed E-state index contributed by atoms with van der Waals surface area (Å²) in [6.07, 6.45) is 2.14. The fourth-order valence-corrected chi connectivity index (χ4v) is 3.74. The molecule has 2 heterocycles. The van der Waals surface area contributed by atoms with E-state index < -0.39 is 5.41 Å². The molecule has 144 valence electrons. The van der Waals surface area contributed by atoms with Crippen LogP contribution >= 0.6 is 11.3 Å². The molecule has 0 saturated carbocycles. The maximum Gasteiger partial charge on any atom is 0.231 e. The second-order valence-electron chi connectivity index (χ2n) is 7.56. The Morgan fingerprint density at radius 3 is 2.59 bits per heavy atom. The highest BCUT2D eigenvalue weighted by molar-refractivity contribution is 7.15. The van der Waals surface area contributed by atoms with Crippen molar-refractivity contribution in [3.8, 4) is 0 Å². The molecule has 1 aliphatic rings. The lowest BCUT2D eigenvalue weighted by molar-refractivity contribution is -0.124. The monoisotopic (exact) mass is 386 g/mol. The Balaban J connectivity index is 1.68. The summed E-state index contributed by atoms with van der Waals surface area (Å²) in [7, 11) is 0. The van der Waals surface area contributed by atoms with Crippen LogP contribution in [-0.2, 0) is 16.0 Å². The zero-order chi connectivity index (χ0) is 19.6. The molecule has 1 aliphatic heterocycles. The molecule has 0 spiro atoms. The molecule has 2 amide bonds. The molecule has 1 aromatic carbocycles. The molecule has 7 heteroatoms. The van der Waals surface area contributed by atoms with Crippen LogP contribution in [0.5, 0.6) is 0 Å². The van der Waals surface area contributed by atoms with Crippen molar-refractivity contribution in [2.75, 3.05) is 16.8 Å². The van der Waals surface area contributed by atoms with Crippen LogP contribution in [0, 0.1) is 5.41 Å². The highest BCUT2D eigenvalue weighted by atomic mass is 32.1. The Hall–Kier alpha value is -2.28. The third-order valence-electron chi connectivity index (χ3n) is 5.29. The van der Waals surface area contributed by atoms with Crippen LogP contribution in [-0.4, -0.2) is 28.6 Å². The standard InChI is InChI=1S/C20H26N4O2S/c1-5-13-7-9-15(10-8-13)24-12-14(11-16(24)25)17-22-23-19(27-17)21-18(26)20(3,4)6-2/h7-10,14H,5-6,11-12H2,1-4H3,(H,21,23,26)/t14-/m0/s1. The van der Waals surface area contributed by atoms with Crippen molar-refractivity contribution in [2.45, 2.75) is 52.9 Å². The number of rotatable bonds is 6. The number of aryl methyl sites for hydroxylation is 1. The van der Waals surface area contributed by atoms with E-state index in [0.717, 1.165) is 23.5 Å². The third kappa shape index (κ3) is 4.18. The first-order valence-electron chi connectivity index (χ1n) is 9.38. The van der Waals surface area contributed by atoms with Gasteiger partial charge in [0, 0.05) is 30.0 Å². The topological polar surface area (TPSA) is 75.2 Å². The van der Waals surface area contributed by atoms with E-state index in [4.69, 9.17) is 0 Å². The zero-order valence-electron chi connectivity index (χ0n) is 16.3. The van der Waals surface area contributed by atoms with Gasteiger partial charge in [0.1, 0.15) is 5.01 Å². The van der Waals surface area contributed by atoms with Crippen molar-refractivity contribution in [2.24, 2.45) is 5.41 Å². The van der Waals surface area contributed by atoms with Crippen molar-refractivity contribution >= 4 is 34.0 Å². The van der Waals surface area contributed by atoms with Crippen molar-refractivity contribution in [1.82, 2.24) is 10.2 Å². The smallest absolute Gasteiger partial charge is 0.231 e. The highest BCUT2D eigenvalue weighted by Crippen LogP contribution is 2.34. The molecule has 1 aromatic heterocycles. The second kappa shape index (κ2) is 7.76. The van der Waals surface area contributed by atoms with Gasteiger partial charge in [0.05, 0.1) is 0 Å². The van der Waals surface area contributed by atoms with E-state index in [2.05, 4.69) is 34.6 Å². The maximum absolute atomic E-state index is 12.5. The molecular weight excluding hydrogens is 360 g/mol. The Morgan fingerprint density at radius 2 is 1.96 bits per heavy atom. The van der Waals surface area contributed by atoms with Gasteiger partial charge in [-0.3, -0.25) is 9.59 Å². The Kier molecular flexibility index (Phi) is 5.60. The molecule has 1 atom stereocenters. The summed E-state index contributed by atoms with van der Waals surface area (Å²) in [6, 6.07) is 8.11. The summed E-state index contributed by atoms with van der Waals surface area (Å²) in [5.41, 5.74) is 1.72. The zero-order valence-corrected chi connectivity index (χ0v) is 17.1. The van der Waals surface area contributed by atoms with E-state index in [1.54, 1.807) is 0 Å². The molecule has 3 rings (SSSR count). The Bertz CT molecular complexity index is 829. The molecule has 6 nitrogen and oxygen atoms in total. The number of benzene rings is 1. The number of carbonyl (C=O) groups is 2. The van der Waals surface area contributed by atoms with Crippen LogP contribution in [0.25, 0.3) is 0 Å². The van der Waals surface area contributed by atoms with Gasteiger partial charge in [-0.2, -0.15) is 0 Å². The van der Waals surface area contributed by atoms with E-state index in [0.29, 0.717) is 18.1 Å². The van der Waals surface area contributed by atoms with E-state index in [1.165, 1.54) is 16.9 Å². The van der Waals surface area contributed by atoms with Crippen molar-refractivity contribution in [1.29, 1.82) is 0 Å². The van der Waals surface area contributed by atoms with Gasteiger partial charge in [-0.25, -0.2) is 0 Å². The predicted octanol–water partition coefficient (Wildman–Crippen LogP) is 4.00. The van der Waals surface area contributed by atoms with Crippen LogP contribution in [0.4, 0.5) is 10.8 Å². The quantitative estimate of drug-likeness (QED) is 0.814. The van der Waals surface area contributed by atoms with Gasteiger partial charge in [0.2, 0.25) is 16.9 Å². The first kappa shape index (κ1) is 19.5. The number of hydrogen-bond donors (Lipinski definition) is 1.